The lowest BCUT2D eigenvalue weighted by Gasteiger charge is -2.37. The zero-order valence-electron chi connectivity index (χ0n) is 11.8. The van der Waals surface area contributed by atoms with Crippen molar-refractivity contribution < 1.29 is 32.6 Å². The fourth-order valence-corrected chi connectivity index (χ4v) is 2.53. The number of hydrogen-bond acceptors (Lipinski definition) is 3. The van der Waals surface area contributed by atoms with E-state index < -0.39 is 36.8 Å². The van der Waals surface area contributed by atoms with Gasteiger partial charge in [0.1, 0.15) is 18.8 Å². The Labute approximate surface area is 120 Å². The van der Waals surface area contributed by atoms with Gasteiger partial charge in [-0.1, -0.05) is 13.3 Å². The lowest BCUT2D eigenvalue weighted by molar-refractivity contribution is -0.176. The van der Waals surface area contributed by atoms with Crippen molar-refractivity contribution in [1.82, 2.24) is 5.32 Å². The second kappa shape index (κ2) is 7.11. The van der Waals surface area contributed by atoms with Crippen molar-refractivity contribution in [3.63, 3.8) is 0 Å². The molecule has 1 rings (SSSR count). The fraction of sp³-hybridized carbons (Fsp3) is 0.846. The smallest absolute Gasteiger partial charge is 0.411 e. The van der Waals surface area contributed by atoms with E-state index in [1.165, 1.54) is 0 Å². The summed E-state index contributed by atoms with van der Waals surface area (Å²) in [5, 5.41) is 11.6. The zero-order valence-corrected chi connectivity index (χ0v) is 11.8. The van der Waals surface area contributed by atoms with Crippen LogP contribution in [0.3, 0.4) is 0 Å². The number of hydrogen-bond donors (Lipinski definition) is 2. The Hall–Kier alpha value is -1.31. The lowest BCUT2D eigenvalue weighted by Crippen LogP contribution is -2.57. The molecule has 0 atom stereocenters. The summed E-state index contributed by atoms with van der Waals surface area (Å²) in [6.45, 7) is -0.313. The van der Waals surface area contributed by atoms with Gasteiger partial charge in [0.15, 0.2) is 0 Å². The Bertz CT molecular complexity index is 376. The molecular formula is C13H20F3NO4. The van der Waals surface area contributed by atoms with E-state index in [-0.39, 0.29) is 12.8 Å². The number of aliphatic carboxylic acids is 1. The third-order valence-electron chi connectivity index (χ3n) is 3.82. The number of carbonyl (C=O) groups is 2. The van der Waals surface area contributed by atoms with Crippen LogP contribution in [0.1, 0.15) is 39.0 Å². The highest BCUT2D eigenvalue weighted by Gasteiger charge is 2.43. The van der Waals surface area contributed by atoms with Crippen LogP contribution in [0.4, 0.5) is 13.2 Å². The summed E-state index contributed by atoms with van der Waals surface area (Å²) in [7, 11) is 0. The predicted octanol–water partition coefficient (Wildman–Crippen LogP) is 2.11. The van der Waals surface area contributed by atoms with Gasteiger partial charge >= 0.3 is 12.1 Å². The molecule has 0 aliphatic heterocycles. The van der Waals surface area contributed by atoms with Crippen LogP contribution in [-0.2, 0) is 14.3 Å². The maximum atomic E-state index is 11.9. The lowest BCUT2D eigenvalue weighted by atomic mass is 9.75. The molecule has 0 bridgehead atoms. The summed E-state index contributed by atoms with van der Waals surface area (Å²) in [6, 6.07) is 0. The van der Waals surface area contributed by atoms with E-state index in [4.69, 9.17) is 0 Å². The van der Waals surface area contributed by atoms with E-state index in [9.17, 15) is 27.9 Å². The maximum Gasteiger partial charge on any atom is 0.411 e. The van der Waals surface area contributed by atoms with Gasteiger partial charge in [0.25, 0.3) is 0 Å². The molecule has 0 aromatic heterocycles. The molecule has 0 aromatic carbocycles. The van der Waals surface area contributed by atoms with E-state index in [2.05, 4.69) is 10.1 Å². The number of ether oxygens (including phenoxy) is 1. The number of carboxylic acids is 1. The Balaban J connectivity index is 2.51. The molecule has 0 radical (unpaired) electrons. The quantitative estimate of drug-likeness (QED) is 0.788. The van der Waals surface area contributed by atoms with Crippen LogP contribution in [-0.4, -0.2) is 41.9 Å². The van der Waals surface area contributed by atoms with Gasteiger partial charge in [-0.2, -0.15) is 13.2 Å². The van der Waals surface area contributed by atoms with E-state index >= 15 is 0 Å². The highest BCUT2D eigenvalue weighted by atomic mass is 19.4. The maximum absolute atomic E-state index is 11.9. The Morgan fingerprint density at radius 1 is 1.33 bits per heavy atom. The number of carboxylic acid groups (broad SMARTS) is 1. The number of halogens is 3. The molecule has 1 aliphatic rings. The molecule has 0 aromatic rings. The van der Waals surface area contributed by atoms with Crippen LogP contribution >= 0.6 is 0 Å². The predicted molar refractivity (Wildman–Crippen MR) is 67.6 cm³/mol. The molecular weight excluding hydrogens is 291 g/mol. The van der Waals surface area contributed by atoms with E-state index in [1.807, 2.05) is 6.92 Å². The molecule has 1 saturated carbocycles. The van der Waals surface area contributed by atoms with Crippen LogP contribution in [0.2, 0.25) is 0 Å². The molecule has 0 saturated heterocycles. The van der Waals surface area contributed by atoms with E-state index in [0.717, 1.165) is 6.42 Å². The number of alkyl halides is 3. The van der Waals surface area contributed by atoms with Gasteiger partial charge in [0, 0.05) is 0 Å². The molecule has 21 heavy (non-hydrogen) atoms. The van der Waals surface area contributed by atoms with Crippen molar-refractivity contribution >= 4 is 11.9 Å². The van der Waals surface area contributed by atoms with Crippen molar-refractivity contribution in [2.45, 2.75) is 50.7 Å². The summed E-state index contributed by atoms with van der Waals surface area (Å²) in [5.41, 5.74) is -1.38. The molecule has 122 valence electrons. The summed E-state index contributed by atoms with van der Waals surface area (Å²) < 4.78 is 39.9. The van der Waals surface area contributed by atoms with E-state index in [1.54, 1.807) is 0 Å². The van der Waals surface area contributed by atoms with Gasteiger partial charge in [-0.25, -0.2) is 4.79 Å². The number of carbonyl (C=O) groups excluding carboxylic acids is 1. The first-order valence-corrected chi connectivity index (χ1v) is 6.87. The average Bonchev–Trinajstić information content (AvgIpc) is 2.37. The first kappa shape index (κ1) is 17.7. The summed E-state index contributed by atoms with van der Waals surface area (Å²) in [6.07, 6.45) is -1.65. The molecule has 5 nitrogen and oxygen atoms in total. The minimum atomic E-state index is -4.51. The standard InChI is InChI=1S/C13H20F3NO4/c1-2-9-3-5-12(6-4-9,11(19)20)17-10(18)7-21-8-13(14,15)16/h9H,2-8H2,1H3,(H,17,18)(H,19,20). The molecule has 0 heterocycles. The van der Waals surface area contributed by atoms with Crippen LogP contribution in [0.5, 0.6) is 0 Å². The summed E-state index contributed by atoms with van der Waals surface area (Å²) in [5.74, 6) is -1.56. The number of nitrogens with one attached hydrogen (secondary N) is 1. The molecule has 0 spiro atoms. The topological polar surface area (TPSA) is 75.6 Å². The Kier molecular flexibility index (Phi) is 6.00. The fourth-order valence-electron chi connectivity index (χ4n) is 2.53. The first-order valence-electron chi connectivity index (χ1n) is 6.87. The molecule has 2 N–H and O–H groups in total. The van der Waals surface area contributed by atoms with Crippen LogP contribution < -0.4 is 5.32 Å². The van der Waals surface area contributed by atoms with Crippen molar-refractivity contribution in [2.75, 3.05) is 13.2 Å². The monoisotopic (exact) mass is 311 g/mol. The van der Waals surface area contributed by atoms with Gasteiger partial charge in [-0.05, 0) is 31.6 Å². The SMILES string of the molecule is CCC1CCC(NC(=O)COCC(F)(F)F)(C(=O)O)CC1. The Morgan fingerprint density at radius 2 is 1.90 bits per heavy atom. The highest BCUT2D eigenvalue weighted by Crippen LogP contribution is 2.34. The summed E-state index contributed by atoms with van der Waals surface area (Å²) >= 11 is 0. The third kappa shape index (κ3) is 5.53. The number of amides is 1. The van der Waals surface area contributed by atoms with Crippen LogP contribution in [0, 0.1) is 5.92 Å². The molecule has 8 heteroatoms. The molecule has 0 unspecified atom stereocenters. The summed E-state index contributed by atoms with van der Waals surface area (Å²) in [4.78, 5) is 23.0. The largest absolute Gasteiger partial charge is 0.480 e. The van der Waals surface area contributed by atoms with Crippen LogP contribution in [0.15, 0.2) is 0 Å². The molecule has 1 fully saturated rings. The van der Waals surface area contributed by atoms with Gasteiger partial charge in [0.05, 0.1) is 0 Å². The van der Waals surface area contributed by atoms with Gasteiger partial charge < -0.3 is 15.2 Å². The second-order valence-electron chi connectivity index (χ2n) is 5.40. The average molecular weight is 311 g/mol. The Morgan fingerprint density at radius 3 is 2.33 bits per heavy atom. The van der Waals surface area contributed by atoms with Crippen molar-refractivity contribution in [3.8, 4) is 0 Å². The third-order valence-corrected chi connectivity index (χ3v) is 3.82. The molecule has 1 amide bonds. The van der Waals surface area contributed by atoms with Gasteiger partial charge in [-0.15, -0.1) is 0 Å². The van der Waals surface area contributed by atoms with Crippen molar-refractivity contribution in [1.29, 1.82) is 0 Å². The number of rotatable bonds is 6. The second-order valence-corrected chi connectivity index (χ2v) is 5.40. The van der Waals surface area contributed by atoms with Gasteiger partial charge in [-0.3, -0.25) is 4.79 Å². The normalized spacial score (nSPS) is 26.4. The van der Waals surface area contributed by atoms with Crippen LogP contribution in [0.25, 0.3) is 0 Å². The van der Waals surface area contributed by atoms with Crippen molar-refractivity contribution in [3.05, 3.63) is 0 Å². The van der Waals surface area contributed by atoms with E-state index in [0.29, 0.717) is 18.8 Å². The van der Waals surface area contributed by atoms with Gasteiger partial charge in [0.2, 0.25) is 5.91 Å². The molecule has 1 aliphatic carbocycles. The minimum Gasteiger partial charge on any atom is -0.480 e. The highest BCUT2D eigenvalue weighted by molar-refractivity contribution is 5.87. The first-order chi connectivity index (χ1) is 9.68. The van der Waals surface area contributed by atoms with Crippen molar-refractivity contribution in [2.24, 2.45) is 5.92 Å². The zero-order chi connectivity index (χ0) is 16.1. The minimum absolute atomic E-state index is 0.284.